The second kappa shape index (κ2) is 5.70. The van der Waals surface area contributed by atoms with Crippen molar-refractivity contribution >= 4 is 16.9 Å². The zero-order chi connectivity index (χ0) is 19.6. The fourth-order valence-electron chi connectivity index (χ4n) is 4.26. The average molecular weight is 381 g/mol. The number of amides is 1. The van der Waals surface area contributed by atoms with Crippen molar-refractivity contribution in [1.29, 1.82) is 0 Å². The van der Waals surface area contributed by atoms with Crippen LogP contribution in [0.2, 0.25) is 0 Å². The first-order valence-electron chi connectivity index (χ1n) is 9.24. The van der Waals surface area contributed by atoms with E-state index in [1.54, 1.807) is 37.2 Å². The molecule has 0 radical (unpaired) electrons. The van der Waals surface area contributed by atoms with Gasteiger partial charge >= 0.3 is 0 Å². The van der Waals surface area contributed by atoms with Crippen molar-refractivity contribution in [2.75, 3.05) is 20.7 Å². The first kappa shape index (κ1) is 17.0. The molecule has 1 amide bonds. The molecule has 0 fully saturated rings. The molecule has 2 aliphatic rings. The topological polar surface area (TPSA) is 67.5 Å². The van der Waals surface area contributed by atoms with Crippen molar-refractivity contribution < 1.29 is 18.7 Å². The lowest BCUT2D eigenvalue weighted by Gasteiger charge is -2.35. The second-order valence-corrected chi connectivity index (χ2v) is 7.65. The number of nitrogens with one attached hydrogen (secondary N) is 1. The molecule has 1 aromatic heterocycles. The number of hydrogen-bond donors (Lipinski definition) is 1. The molecule has 6 nitrogen and oxygen atoms in total. The lowest BCUT2D eigenvalue weighted by molar-refractivity contribution is 0.0216. The zero-order valence-electron chi connectivity index (χ0n) is 15.9. The monoisotopic (exact) mass is 381 g/mol. The molecule has 1 spiro atoms. The Labute approximate surface area is 161 Å². The van der Waals surface area contributed by atoms with Crippen LogP contribution in [0.1, 0.15) is 33.7 Å². The second-order valence-electron chi connectivity index (χ2n) is 7.65. The third kappa shape index (κ3) is 2.25. The van der Waals surface area contributed by atoms with Crippen molar-refractivity contribution in [1.82, 2.24) is 14.9 Å². The number of H-pyrrole nitrogens is 1. The van der Waals surface area contributed by atoms with E-state index >= 15 is 0 Å². The van der Waals surface area contributed by atoms with Gasteiger partial charge in [0.1, 0.15) is 29.5 Å². The molecule has 0 aliphatic carbocycles. The van der Waals surface area contributed by atoms with Crippen LogP contribution in [0.25, 0.3) is 11.0 Å². The van der Waals surface area contributed by atoms with E-state index in [4.69, 9.17) is 9.47 Å². The van der Waals surface area contributed by atoms with Gasteiger partial charge in [-0.2, -0.15) is 0 Å². The van der Waals surface area contributed by atoms with E-state index in [2.05, 4.69) is 9.97 Å². The Morgan fingerprint density at radius 1 is 1.36 bits per heavy atom. The van der Waals surface area contributed by atoms with Crippen molar-refractivity contribution in [3.63, 3.8) is 0 Å². The van der Waals surface area contributed by atoms with Gasteiger partial charge < -0.3 is 19.4 Å². The van der Waals surface area contributed by atoms with Crippen LogP contribution in [0.3, 0.4) is 0 Å². The Hall–Kier alpha value is -3.09. The van der Waals surface area contributed by atoms with Crippen molar-refractivity contribution in [2.24, 2.45) is 0 Å². The fourth-order valence-corrected chi connectivity index (χ4v) is 4.26. The van der Waals surface area contributed by atoms with E-state index in [9.17, 15) is 9.18 Å². The van der Waals surface area contributed by atoms with E-state index in [0.29, 0.717) is 41.0 Å². The Kier molecular flexibility index (Phi) is 3.47. The molecule has 0 saturated heterocycles. The number of carbonyl (C=O) groups excluding carboxylic acids is 1. The molecule has 2 aliphatic heterocycles. The van der Waals surface area contributed by atoms with E-state index < -0.39 is 5.60 Å². The molecule has 5 rings (SSSR count). The summed E-state index contributed by atoms with van der Waals surface area (Å²) in [4.78, 5) is 22.0. The zero-order valence-corrected chi connectivity index (χ0v) is 15.9. The average Bonchev–Trinajstić information content (AvgIpc) is 3.21. The molecule has 2 aromatic carbocycles. The summed E-state index contributed by atoms with van der Waals surface area (Å²) in [6.45, 7) is 2.09. The smallest absolute Gasteiger partial charge is 0.253 e. The van der Waals surface area contributed by atoms with Gasteiger partial charge in [0.2, 0.25) is 0 Å². The maximum Gasteiger partial charge on any atom is 0.253 e. The molecule has 1 unspecified atom stereocenters. The highest BCUT2D eigenvalue weighted by Crippen LogP contribution is 2.50. The molecular weight excluding hydrogens is 361 g/mol. The number of aromatic amines is 1. The number of halogens is 1. The third-order valence-corrected chi connectivity index (χ3v) is 5.56. The van der Waals surface area contributed by atoms with E-state index in [-0.39, 0.29) is 18.3 Å². The van der Waals surface area contributed by atoms with Gasteiger partial charge in [-0.25, -0.2) is 9.37 Å². The Morgan fingerprint density at radius 2 is 2.18 bits per heavy atom. The normalized spacial score (nSPS) is 19.9. The summed E-state index contributed by atoms with van der Waals surface area (Å²) in [7, 11) is 3.44. The molecule has 0 bridgehead atoms. The molecule has 0 saturated carbocycles. The summed E-state index contributed by atoms with van der Waals surface area (Å²) in [5.41, 5.74) is 2.33. The minimum atomic E-state index is -0.903. The van der Waals surface area contributed by atoms with Crippen molar-refractivity contribution in [2.45, 2.75) is 25.4 Å². The molecule has 1 N–H and O–H groups in total. The van der Waals surface area contributed by atoms with Gasteiger partial charge in [-0.15, -0.1) is 0 Å². The number of fused-ring (bicyclic) bond motifs is 5. The number of ether oxygens (including phenoxy) is 2. The first-order valence-corrected chi connectivity index (χ1v) is 9.24. The van der Waals surface area contributed by atoms with Gasteiger partial charge in [-0.1, -0.05) is 6.07 Å². The highest BCUT2D eigenvalue weighted by molar-refractivity contribution is 6.01. The summed E-state index contributed by atoms with van der Waals surface area (Å²) in [5, 5.41) is 0. The molecule has 3 heterocycles. The number of imidazole rings is 1. The highest BCUT2D eigenvalue weighted by Gasteiger charge is 2.48. The summed E-state index contributed by atoms with van der Waals surface area (Å²) < 4.78 is 26.9. The molecule has 7 heteroatoms. The highest BCUT2D eigenvalue weighted by atomic mass is 19.1. The number of rotatable bonds is 1. The predicted molar refractivity (Wildman–Crippen MR) is 101 cm³/mol. The van der Waals surface area contributed by atoms with Crippen LogP contribution in [0.15, 0.2) is 24.3 Å². The summed E-state index contributed by atoms with van der Waals surface area (Å²) in [6, 6.07) is 6.62. The Balaban J connectivity index is 1.73. The van der Waals surface area contributed by atoms with Crippen LogP contribution in [-0.2, 0) is 12.0 Å². The van der Waals surface area contributed by atoms with Crippen LogP contribution in [-0.4, -0.2) is 41.5 Å². The number of aryl methyl sites for hydroxylation is 1. The summed E-state index contributed by atoms with van der Waals surface area (Å²) >= 11 is 0. The Morgan fingerprint density at radius 3 is 2.96 bits per heavy atom. The SMILES string of the molecule is Cc1nc2cc(C(=O)N(C)C)c3c(c2[nH]1)OC1(CC3)COc2cccc(F)c21. The van der Waals surface area contributed by atoms with Crippen molar-refractivity contribution in [3.8, 4) is 11.5 Å². The van der Waals surface area contributed by atoms with Gasteiger partial charge in [-0.3, -0.25) is 4.79 Å². The number of benzene rings is 2. The Bertz CT molecular complexity index is 1140. The van der Waals surface area contributed by atoms with Crippen molar-refractivity contribution in [3.05, 3.63) is 52.6 Å². The number of carbonyl (C=O) groups is 1. The van der Waals surface area contributed by atoms with Crippen LogP contribution in [0.4, 0.5) is 4.39 Å². The molecular formula is C21H20FN3O3. The number of nitrogens with zero attached hydrogens (tertiary/aromatic N) is 2. The van der Waals surface area contributed by atoms with E-state index in [1.807, 2.05) is 6.92 Å². The first-order chi connectivity index (χ1) is 13.4. The third-order valence-electron chi connectivity index (χ3n) is 5.56. The quantitative estimate of drug-likeness (QED) is 0.702. The summed E-state index contributed by atoms with van der Waals surface area (Å²) in [6.07, 6.45) is 1.11. The lowest BCUT2D eigenvalue weighted by atomic mass is 9.84. The van der Waals surface area contributed by atoms with Gasteiger partial charge in [0.15, 0.2) is 11.4 Å². The maximum atomic E-state index is 14.7. The van der Waals surface area contributed by atoms with Crippen LogP contribution in [0, 0.1) is 12.7 Å². The minimum Gasteiger partial charge on any atom is -0.488 e. The summed E-state index contributed by atoms with van der Waals surface area (Å²) in [5.74, 6) is 1.36. The number of aromatic nitrogens is 2. The van der Waals surface area contributed by atoms with Crippen LogP contribution < -0.4 is 9.47 Å². The molecule has 28 heavy (non-hydrogen) atoms. The molecule has 144 valence electrons. The largest absolute Gasteiger partial charge is 0.488 e. The standard InChI is InChI=1S/C21H20FN3O3/c1-11-23-15-9-13(20(26)25(2)3)12-7-8-21(28-19(12)18(15)24-11)10-27-16-6-4-5-14(22)17(16)21/h4-6,9H,7-8,10H2,1-3H3,(H,23,24). The minimum absolute atomic E-state index is 0.104. The molecule has 3 aromatic rings. The van der Waals surface area contributed by atoms with Gasteiger partial charge in [0.05, 0.1) is 11.1 Å². The van der Waals surface area contributed by atoms with Crippen LogP contribution >= 0.6 is 0 Å². The van der Waals surface area contributed by atoms with Gasteiger partial charge in [0.25, 0.3) is 5.91 Å². The van der Waals surface area contributed by atoms with Gasteiger partial charge in [-0.05, 0) is 38.0 Å². The predicted octanol–water partition coefficient (Wildman–Crippen LogP) is 3.33. The lowest BCUT2D eigenvalue weighted by Crippen LogP contribution is -2.40. The maximum absolute atomic E-state index is 14.7. The number of hydrogen-bond acceptors (Lipinski definition) is 4. The fraction of sp³-hybridized carbons (Fsp3) is 0.333. The van der Waals surface area contributed by atoms with Gasteiger partial charge in [0, 0.05) is 25.2 Å². The van der Waals surface area contributed by atoms with Crippen LogP contribution in [0.5, 0.6) is 11.5 Å². The molecule has 1 atom stereocenters. The van der Waals surface area contributed by atoms with E-state index in [0.717, 1.165) is 16.9 Å². The van der Waals surface area contributed by atoms with E-state index in [1.165, 1.54) is 6.07 Å².